The molecule has 0 spiro atoms. The van der Waals surface area contributed by atoms with Crippen LogP contribution in [0, 0.1) is 11.3 Å². The van der Waals surface area contributed by atoms with Crippen molar-refractivity contribution in [3.05, 3.63) is 53.9 Å². The van der Waals surface area contributed by atoms with Crippen LogP contribution >= 0.6 is 0 Å². The number of para-hydroxylation sites is 1. The lowest BCUT2D eigenvalue weighted by atomic mass is 10.2. The summed E-state index contributed by atoms with van der Waals surface area (Å²) in [5.74, 6) is 1.21. The third-order valence-electron chi connectivity index (χ3n) is 2.44. The van der Waals surface area contributed by atoms with Crippen LogP contribution in [-0.4, -0.2) is 12.0 Å². The van der Waals surface area contributed by atoms with Gasteiger partial charge in [-0.25, -0.2) is 4.98 Å². The molecule has 0 unspecified atom stereocenters. The summed E-state index contributed by atoms with van der Waals surface area (Å²) in [7, 11) is 1.88. The van der Waals surface area contributed by atoms with Gasteiger partial charge < -0.3 is 10.1 Å². The van der Waals surface area contributed by atoms with E-state index in [9.17, 15) is 0 Å². The van der Waals surface area contributed by atoms with Gasteiger partial charge in [-0.15, -0.1) is 0 Å². The lowest BCUT2D eigenvalue weighted by Crippen LogP contribution is -2.06. The van der Waals surface area contributed by atoms with E-state index in [1.54, 1.807) is 18.3 Å². The number of ether oxygens (including phenoxy) is 1. The van der Waals surface area contributed by atoms with Crippen LogP contribution in [0.5, 0.6) is 11.5 Å². The number of nitriles is 1. The third-order valence-corrected chi connectivity index (χ3v) is 2.44. The zero-order valence-electron chi connectivity index (χ0n) is 10.1. The van der Waals surface area contributed by atoms with Crippen molar-refractivity contribution in [3.8, 4) is 17.6 Å². The van der Waals surface area contributed by atoms with Crippen molar-refractivity contribution < 1.29 is 4.74 Å². The van der Waals surface area contributed by atoms with Gasteiger partial charge in [0, 0.05) is 18.3 Å². The Morgan fingerprint density at radius 3 is 2.78 bits per heavy atom. The van der Waals surface area contributed by atoms with Gasteiger partial charge in [-0.2, -0.15) is 5.26 Å². The van der Waals surface area contributed by atoms with Crippen molar-refractivity contribution in [2.24, 2.45) is 0 Å². The SMILES string of the molecule is CNCc1ccccc1Oc1cccnc1C#N. The number of nitrogens with zero attached hydrogens (tertiary/aromatic N) is 2. The van der Waals surface area contributed by atoms with Gasteiger partial charge in [-0.1, -0.05) is 18.2 Å². The van der Waals surface area contributed by atoms with E-state index in [-0.39, 0.29) is 5.69 Å². The second kappa shape index (κ2) is 5.80. The van der Waals surface area contributed by atoms with Crippen LogP contribution in [0.1, 0.15) is 11.3 Å². The molecule has 4 nitrogen and oxygen atoms in total. The summed E-state index contributed by atoms with van der Waals surface area (Å²) < 4.78 is 5.76. The molecule has 0 aliphatic heterocycles. The molecule has 0 saturated carbocycles. The molecule has 2 aromatic rings. The molecule has 0 aliphatic rings. The number of pyridine rings is 1. The first-order valence-electron chi connectivity index (χ1n) is 5.60. The first kappa shape index (κ1) is 12.1. The van der Waals surface area contributed by atoms with Crippen molar-refractivity contribution in [2.45, 2.75) is 6.54 Å². The van der Waals surface area contributed by atoms with E-state index in [0.717, 1.165) is 11.3 Å². The Morgan fingerprint density at radius 2 is 2.00 bits per heavy atom. The summed E-state index contributed by atoms with van der Waals surface area (Å²) in [6, 6.07) is 13.2. The summed E-state index contributed by atoms with van der Waals surface area (Å²) in [6.07, 6.45) is 1.57. The number of hydrogen-bond acceptors (Lipinski definition) is 4. The molecule has 0 bridgehead atoms. The van der Waals surface area contributed by atoms with E-state index >= 15 is 0 Å². The lowest BCUT2D eigenvalue weighted by molar-refractivity contribution is 0.470. The molecule has 0 saturated heterocycles. The minimum absolute atomic E-state index is 0.289. The van der Waals surface area contributed by atoms with Gasteiger partial charge in [0.15, 0.2) is 11.4 Å². The normalized spacial score (nSPS) is 9.78. The zero-order chi connectivity index (χ0) is 12.8. The molecular weight excluding hydrogens is 226 g/mol. The van der Waals surface area contributed by atoms with Gasteiger partial charge in [0.2, 0.25) is 0 Å². The molecular formula is C14H13N3O. The maximum absolute atomic E-state index is 8.96. The summed E-state index contributed by atoms with van der Waals surface area (Å²) in [5.41, 5.74) is 1.32. The van der Waals surface area contributed by atoms with Gasteiger partial charge in [0.25, 0.3) is 0 Å². The fourth-order valence-corrected chi connectivity index (χ4v) is 1.62. The van der Waals surface area contributed by atoms with Crippen molar-refractivity contribution in [2.75, 3.05) is 7.05 Å². The number of rotatable bonds is 4. The average Bonchev–Trinajstić information content (AvgIpc) is 2.42. The second-order valence-corrected chi connectivity index (χ2v) is 3.70. The van der Waals surface area contributed by atoms with Crippen LogP contribution in [0.2, 0.25) is 0 Å². The smallest absolute Gasteiger partial charge is 0.183 e. The Morgan fingerprint density at radius 1 is 1.22 bits per heavy atom. The van der Waals surface area contributed by atoms with Crippen molar-refractivity contribution in [1.29, 1.82) is 5.26 Å². The zero-order valence-corrected chi connectivity index (χ0v) is 10.1. The van der Waals surface area contributed by atoms with Crippen LogP contribution < -0.4 is 10.1 Å². The summed E-state index contributed by atoms with van der Waals surface area (Å²) in [6.45, 7) is 0.707. The Balaban J connectivity index is 2.31. The number of aromatic nitrogens is 1. The van der Waals surface area contributed by atoms with Crippen LogP contribution in [0.25, 0.3) is 0 Å². The minimum atomic E-state index is 0.289. The van der Waals surface area contributed by atoms with E-state index in [4.69, 9.17) is 10.00 Å². The molecule has 0 fully saturated rings. The summed E-state index contributed by atoms with van der Waals surface area (Å²) in [4.78, 5) is 3.97. The number of benzene rings is 1. The Kier molecular flexibility index (Phi) is 3.90. The average molecular weight is 239 g/mol. The lowest BCUT2D eigenvalue weighted by Gasteiger charge is -2.11. The predicted molar refractivity (Wildman–Crippen MR) is 68.2 cm³/mol. The molecule has 4 heteroatoms. The number of nitrogens with one attached hydrogen (secondary N) is 1. The first-order valence-corrected chi connectivity index (χ1v) is 5.60. The molecule has 1 aromatic carbocycles. The predicted octanol–water partition coefficient (Wildman–Crippen LogP) is 2.46. The number of hydrogen-bond donors (Lipinski definition) is 1. The topological polar surface area (TPSA) is 57.9 Å². The first-order chi connectivity index (χ1) is 8.85. The molecule has 1 aromatic heterocycles. The van der Waals surface area contributed by atoms with E-state index in [1.807, 2.05) is 37.4 Å². The Hall–Kier alpha value is -2.38. The highest BCUT2D eigenvalue weighted by atomic mass is 16.5. The molecule has 0 radical (unpaired) electrons. The molecule has 90 valence electrons. The molecule has 18 heavy (non-hydrogen) atoms. The van der Waals surface area contributed by atoms with Gasteiger partial charge in [-0.3, -0.25) is 0 Å². The van der Waals surface area contributed by atoms with E-state index in [2.05, 4.69) is 10.3 Å². The van der Waals surface area contributed by atoms with Crippen LogP contribution in [0.3, 0.4) is 0 Å². The third kappa shape index (κ3) is 2.65. The highest BCUT2D eigenvalue weighted by Crippen LogP contribution is 2.26. The van der Waals surface area contributed by atoms with Gasteiger partial charge >= 0.3 is 0 Å². The Labute approximate surface area is 106 Å². The quantitative estimate of drug-likeness (QED) is 0.890. The Bertz CT molecular complexity index is 575. The monoisotopic (exact) mass is 239 g/mol. The largest absolute Gasteiger partial charge is 0.454 e. The highest BCUT2D eigenvalue weighted by Gasteiger charge is 2.07. The minimum Gasteiger partial charge on any atom is -0.454 e. The van der Waals surface area contributed by atoms with Crippen LogP contribution in [0.15, 0.2) is 42.6 Å². The van der Waals surface area contributed by atoms with E-state index in [0.29, 0.717) is 12.3 Å². The van der Waals surface area contributed by atoms with Crippen molar-refractivity contribution in [1.82, 2.24) is 10.3 Å². The second-order valence-electron chi connectivity index (χ2n) is 3.70. The maximum atomic E-state index is 8.96. The summed E-state index contributed by atoms with van der Waals surface area (Å²) >= 11 is 0. The van der Waals surface area contributed by atoms with Crippen LogP contribution in [-0.2, 0) is 6.54 Å². The fourth-order valence-electron chi connectivity index (χ4n) is 1.62. The molecule has 1 N–H and O–H groups in total. The van der Waals surface area contributed by atoms with Crippen molar-refractivity contribution >= 4 is 0 Å². The van der Waals surface area contributed by atoms with E-state index in [1.165, 1.54) is 0 Å². The summed E-state index contributed by atoms with van der Waals surface area (Å²) in [5, 5.41) is 12.0. The molecule has 1 heterocycles. The van der Waals surface area contributed by atoms with Crippen LogP contribution in [0.4, 0.5) is 0 Å². The van der Waals surface area contributed by atoms with Gasteiger partial charge in [0.1, 0.15) is 11.8 Å². The molecule has 2 rings (SSSR count). The van der Waals surface area contributed by atoms with Gasteiger partial charge in [0.05, 0.1) is 0 Å². The molecule has 0 atom stereocenters. The molecule has 0 amide bonds. The fraction of sp³-hybridized carbons (Fsp3) is 0.143. The maximum Gasteiger partial charge on any atom is 0.183 e. The standard InChI is InChI=1S/C14H13N3O/c1-16-10-11-5-2-3-6-13(11)18-14-7-4-8-17-12(14)9-15/h2-8,16H,10H2,1H3. The molecule has 0 aliphatic carbocycles. The van der Waals surface area contributed by atoms with Gasteiger partial charge in [-0.05, 0) is 25.2 Å². The van der Waals surface area contributed by atoms with Crippen molar-refractivity contribution in [3.63, 3.8) is 0 Å². The van der Waals surface area contributed by atoms with E-state index < -0.39 is 0 Å². The highest BCUT2D eigenvalue weighted by molar-refractivity contribution is 5.42.